The van der Waals surface area contributed by atoms with Gasteiger partial charge in [0, 0.05) is 12.0 Å². The third-order valence-electron chi connectivity index (χ3n) is 3.42. The van der Waals surface area contributed by atoms with Crippen LogP contribution in [0.4, 0.5) is 17.6 Å². The molecule has 6 heteroatoms. The molecular formula is C15H10F4O2. The Hall–Kier alpha value is -2.08. The molecule has 0 bridgehead atoms. The van der Waals surface area contributed by atoms with E-state index in [1.807, 2.05) is 0 Å². The van der Waals surface area contributed by atoms with E-state index in [-0.39, 0.29) is 23.3 Å². The molecule has 2 atom stereocenters. The smallest absolute Gasteiger partial charge is 0.194 e. The summed E-state index contributed by atoms with van der Waals surface area (Å²) in [5.41, 5.74) is 0.342. The van der Waals surface area contributed by atoms with Gasteiger partial charge in [-0.3, -0.25) is 0 Å². The lowest BCUT2D eigenvalue weighted by Gasteiger charge is -2.30. The average molecular weight is 298 g/mol. The minimum Gasteiger partial charge on any atom is -0.485 e. The fourth-order valence-corrected chi connectivity index (χ4v) is 2.38. The summed E-state index contributed by atoms with van der Waals surface area (Å²) in [6.07, 6.45) is -1.89. The molecule has 0 saturated carbocycles. The number of aliphatic hydroxyl groups excluding tert-OH is 1. The molecule has 110 valence electrons. The summed E-state index contributed by atoms with van der Waals surface area (Å²) in [5.74, 6) is -4.50. The highest BCUT2D eigenvalue weighted by atomic mass is 19.2. The fraction of sp³-hybridized carbons (Fsp3) is 0.200. The number of halogens is 4. The second-order valence-corrected chi connectivity index (χ2v) is 4.84. The van der Waals surface area contributed by atoms with Crippen LogP contribution >= 0.6 is 0 Å². The van der Waals surface area contributed by atoms with E-state index in [9.17, 15) is 22.7 Å². The van der Waals surface area contributed by atoms with E-state index in [4.69, 9.17) is 4.74 Å². The third kappa shape index (κ3) is 2.47. The van der Waals surface area contributed by atoms with Crippen LogP contribution in [0.3, 0.4) is 0 Å². The van der Waals surface area contributed by atoms with Gasteiger partial charge in [0.15, 0.2) is 17.5 Å². The molecule has 0 aliphatic carbocycles. The number of benzene rings is 2. The van der Waals surface area contributed by atoms with Crippen molar-refractivity contribution in [3.05, 3.63) is 64.7 Å². The lowest BCUT2D eigenvalue weighted by atomic mass is 9.95. The Bertz CT molecular complexity index is 679. The minimum atomic E-state index is -1.56. The first-order valence-electron chi connectivity index (χ1n) is 6.24. The van der Waals surface area contributed by atoms with E-state index in [1.54, 1.807) is 0 Å². The first kappa shape index (κ1) is 13.9. The molecule has 21 heavy (non-hydrogen) atoms. The van der Waals surface area contributed by atoms with Crippen molar-refractivity contribution in [2.75, 3.05) is 0 Å². The second-order valence-electron chi connectivity index (χ2n) is 4.84. The molecule has 2 aromatic rings. The Labute approximate surface area is 117 Å². The van der Waals surface area contributed by atoms with E-state index in [0.717, 1.165) is 24.3 Å². The van der Waals surface area contributed by atoms with E-state index in [1.165, 1.54) is 6.07 Å². The monoisotopic (exact) mass is 298 g/mol. The highest BCUT2D eigenvalue weighted by Gasteiger charge is 2.29. The van der Waals surface area contributed by atoms with Crippen LogP contribution in [0.1, 0.15) is 29.8 Å². The van der Waals surface area contributed by atoms with E-state index in [2.05, 4.69) is 0 Å². The number of hydrogen-bond acceptors (Lipinski definition) is 2. The van der Waals surface area contributed by atoms with Gasteiger partial charge < -0.3 is 9.84 Å². The van der Waals surface area contributed by atoms with Gasteiger partial charge >= 0.3 is 0 Å². The SMILES string of the molecule is O[C@@H]1CC(c2cc(F)c(F)c(F)c2)Oc2ccc(F)cc21. The predicted molar refractivity (Wildman–Crippen MR) is 65.7 cm³/mol. The van der Waals surface area contributed by atoms with Crippen molar-refractivity contribution in [1.29, 1.82) is 0 Å². The van der Waals surface area contributed by atoms with E-state index < -0.39 is 35.5 Å². The molecule has 0 saturated heterocycles. The van der Waals surface area contributed by atoms with Crippen LogP contribution in [0, 0.1) is 23.3 Å². The molecule has 2 aromatic carbocycles. The lowest BCUT2D eigenvalue weighted by molar-refractivity contribution is 0.0649. The Morgan fingerprint density at radius 3 is 2.33 bits per heavy atom. The van der Waals surface area contributed by atoms with Crippen LogP contribution in [0.2, 0.25) is 0 Å². The van der Waals surface area contributed by atoms with Crippen molar-refractivity contribution >= 4 is 0 Å². The van der Waals surface area contributed by atoms with Crippen LogP contribution in [0.25, 0.3) is 0 Å². The molecule has 1 aliphatic rings. The Kier molecular flexibility index (Phi) is 3.33. The van der Waals surface area contributed by atoms with Crippen LogP contribution in [-0.2, 0) is 0 Å². The largest absolute Gasteiger partial charge is 0.485 e. The lowest BCUT2D eigenvalue weighted by Crippen LogP contribution is -2.19. The van der Waals surface area contributed by atoms with Crippen LogP contribution < -0.4 is 4.74 Å². The normalized spacial score (nSPS) is 20.8. The maximum absolute atomic E-state index is 13.3. The van der Waals surface area contributed by atoms with Crippen LogP contribution in [0.5, 0.6) is 5.75 Å². The summed E-state index contributed by atoms with van der Waals surface area (Å²) in [6.45, 7) is 0. The maximum Gasteiger partial charge on any atom is 0.194 e. The van der Waals surface area contributed by atoms with E-state index >= 15 is 0 Å². The zero-order chi connectivity index (χ0) is 15.1. The van der Waals surface area contributed by atoms with Gasteiger partial charge in [0.2, 0.25) is 0 Å². The Morgan fingerprint density at radius 2 is 1.67 bits per heavy atom. The topological polar surface area (TPSA) is 29.5 Å². The predicted octanol–water partition coefficient (Wildman–Crippen LogP) is 3.80. The first-order valence-corrected chi connectivity index (χ1v) is 6.24. The molecule has 1 heterocycles. The van der Waals surface area contributed by atoms with Gasteiger partial charge in [-0.05, 0) is 35.9 Å². The standard InChI is InChI=1S/C15H10F4O2/c16-8-1-2-13-9(5-8)12(20)6-14(21-13)7-3-10(17)15(19)11(18)4-7/h1-5,12,14,20H,6H2/t12-,14?/m1/s1. The highest BCUT2D eigenvalue weighted by Crippen LogP contribution is 2.41. The molecule has 0 fully saturated rings. The van der Waals surface area contributed by atoms with Crippen LogP contribution in [-0.4, -0.2) is 5.11 Å². The summed E-state index contributed by atoms with van der Waals surface area (Å²) in [6, 6.07) is 5.27. The molecular weight excluding hydrogens is 288 g/mol. The highest BCUT2D eigenvalue weighted by molar-refractivity contribution is 5.39. The van der Waals surface area contributed by atoms with Gasteiger partial charge in [0.25, 0.3) is 0 Å². The zero-order valence-corrected chi connectivity index (χ0v) is 10.6. The first-order chi connectivity index (χ1) is 9.95. The molecule has 3 rings (SSSR count). The number of aliphatic hydroxyl groups is 1. The Balaban J connectivity index is 1.98. The number of fused-ring (bicyclic) bond motifs is 1. The molecule has 0 radical (unpaired) electrons. The summed E-state index contributed by atoms with van der Waals surface area (Å²) in [4.78, 5) is 0. The van der Waals surface area contributed by atoms with Gasteiger partial charge in [0.05, 0.1) is 6.10 Å². The van der Waals surface area contributed by atoms with Gasteiger partial charge in [0.1, 0.15) is 17.7 Å². The summed E-state index contributed by atoms with van der Waals surface area (Å²) < 4.78 is 58.1. The molecule has 2 nitrogen and oxygen atoms in total. The van der Waals surface area contributed by atoms with Crippen molar-refractivity contribution in [2.45, 2.75) is 18.6 Å². The van der Waals surface area contributed by atoms with Crippen molar-refractivity contribution in [3.8, 4) is 5.75 Å². The molecule has 1 unspecified atom stereocenters. The zero-order valence-electron chi connectivity index (χ0n) is 10.6. The summed E-state index contributed by atoms with van der Waals surface area (Å²) in [7, 11) is 0. The summed E-state index contributed by atoms with van der Waals surface area (Å²) in [5, 5.41) is 10.0. The van der Waals surface area contributed by atoms with Crippen molar-refractivity contribution in [1.82, 2.24) is 0 Å². The number of ether oxygens (including phenoxy) is 1. The molecule has 1 aliphatic heterocycles. The van der Waals surface area contributed by atoms with Crippen molar-refractivity contribution in [3.63, 3.8) is 0 Å². The molecule has 0 amide bonds. The van der Waals surface area contributed by atoms with Gasteiger partial charge in [-0.15, -0.1) is 0 Å². The number of rotatable bonds is 1. The Morgan fingerprint density at radius 1 is 1.00 bits per heavy atom. The van der Waals surface area contributed by atoms with Gasteiger partial charge in [-0.25, -0.2) is 17.6 Å². The molecule has 1 N–H and O–H groups in total. The molecule has 0 spiro atoms. The molecule has 0 aromatic heterocycles. The third-order valence-corrected chi connectivity index (χ3v) is 3.42. The summed E-state index contributed by atoms with van der Waals surface area (Å²) >= 11 is 0. The quantitative estimate of drug-likeness (QED) is 0.641. The maximum atomic E-state index is 13.3. The van der Waals surface area contributed by atoms with Crippen molar-refractivity contribution in [2.24, 2.45) is 0 Å². The van der Waals surface area contributed by atoms with Gasteiger partial charge in [-0.2, -0.15) is 0 Å². The minimum absolute atomic E-state index is 0.0129. The number of hydrogen-bond donors (Lipinski definition) is 1. The van der Waals surface area contributed by atoms with Crippen LogP contribution in [0.15, 0.2) is 30.3 Å². The fourth-order valence-electron chi connectivity index (χ4n) is 2.38. The average Bonchev–Trinajstić information content (AvgIpc) is 2.44. The van der Waals surface area contributed by atoms with E-state index in [0.29, 0.717) is 0 Å². The second kappa shape index (κ2) is 5.04. The van der Waals surface area contributed by atoms with Crippen molar-refractivity contribution < 1.29 is 27.4 Å². The van der Waals surface area contributed by atoms with Gasteiger partial charge in [-0.1, -0.05) is 0 Å².